The summed E-state index contributed by atoms with van der Waals surface area (Å²) in [5, 5.41) is 5.74. The van der Waals surface area contributed by atoms with Crippen LogP contribution in [0.2, 0.25) is 0 Å². The first-order valence-electron chi connectivity index (χ1n) is 7.74. The second-order valence-corrected chi connectivity index (χ2v) is 7.72. The number of sulfone groups is 1. The Morgan fingerprint density at radius 3 is 2.00 bits per heavy atom. The van der Waals surface area contributed by atoms with Gasteiger partial charge in [0.05, 0.1) is 22.9 Å². The molecule has 0 amide bonds. The van der Waals surface area contributed by atoms with E-state index >= 15 is 0 Å². The van der Waals surface area contributed by atoms with E-state index in [1.807, 2.05) is 0 Å². The van der Waals surface area contributed by atoms with Gasteiger partial charge in [0, 0.05) is 24.6 Å². The number of rotatable bonds is 4. The van der Waals surface area contributed by atoms with Crippen LogP contribution in [0.25, 0.3) is 0 Å². The van der Waals surface area contributed by atoms with Crippen LogP contribution in [-0.2, 0) is 9.84 Å². The molecule has 122 valence electrons. The highest BCUT2D eigenvalue weighted by molar-refractivity contribution is 7.91. The van der Waals surface area contributed by atoms with Gasteiger partial charge in [-0.1, -0.05) is 0 Å². The second-order valence-electron chi connectivity index (χ2n) is 5.77. The van der Waals surface area contributed by atoms with Crippen LogP contribution in [0.4, 0.5) is 10.1 Å². The molecule has 0 aromatic heterocycles. The molecule has 6 heteroatoms. The molecule has 23 heavy (non-hydrogen) atoms. The summed E-state index contributed by atoms with van der Waals surface area (Å²) in [5.41, 5.74) is 0.926. The standard InChI is InChI=1S/C17H19FN2O2S/c18-13-1-5-16(6-2-13)23(21,22)17-7-3-14(4-8-17)20-15-9-11-19-12-10-15/h1-8,15,19-20H,9-12H2/p+1. The highest BCUT2D eigenvalue weighted by atomic mass is 32.2. The maximum absolute atomic E-state index is 12.9. The zero-order valence-electron chi connectivity index (χ0n) is 12.7. The number of nitrogens with one attached hydrogen (secondary N) is 1. The molecule has 3 N–H and O–H groups in total. The smallest absolute Gasteiger partial charge is 0.206 e. The maximum atomic E-state index is 12.9. The summed E-state index contributed by atoms with van der Waals surface area (Å²) in [6, 6.07) is 12.1. The highest BCUT2D eigenvalue weighted by Gasteiger charge is 2.18. The fourth-order valence-electron chi connectivity index (χ4n) is 2.79. The number of hydrogen-bond donors (Lipinski definition) is 2. The molecule has 1 heterocycles. The predicted molar refractivity (Wildman–Crippen MR) is 86.6 cm³/mol. The zero-order valence-corrected chi connectivity index (χ0v) is 13.5. The van der Waals surface area contributed by atoms with Crippen molar-refractivity contribution in [2.24, 2.45) is 0 Å². The van der Waals surface area contributed by atoms with Crippen LogP contribution >= 0.6 is 0 Å². The summed E-state index contributed by atoms with van der Waals surface area (Å²) in [5.74, 6) is -0.451. The van der Waals surface area contributed by atoms with Crippen LogP contribution in [-0.4, -0.2) is 27.5 Å². The summed E-state index contributed by atoms with van der Waals surface area (Å²) in [4.78, 5) is 0.314. The SMILES string of the molecule is O=S(=O)(c1ccc(F)cc1)c1ccc(NC2CC[NH2+]CC2)cc1. The minimum atomic E-state index is -3.61. The molecule has 1 aliphatic rings. The van der Waals surface area contributed by atoms with Gasteiger partial charge in [-0.25, -0.2) is 12.8 Å². The van der Waals surface area contributed by atoms with Crippen molar-refractivity contribution in [1.82, 2.24) is 0 Å². The van der Waals surface area contributed by atoms with E-state index in [4.69, 9.17) is 0 Å². The van der Waals surface area contributed by atoms with Crippen LogP contribution < -0.4 is 10.6 Å². The Morgan fingerprint density at radius 1 is 0.913 bits per heavy atom. The van der Waals surface area contributed by atoms with Crippen molar-refractivity contribution >= 4 is 15.5 Å². The van der Waals surface area contributed by atoms with Gasteiger partial charge in [0.1, 0.15) is 5.82 Å². The number of quaternary nitrogens is 1. The fraction of sp³-hybridized carbons (Fsp3) is 0.294. The molecule has 1 saturated heterocycles. The van der Waals surface area contributed by atoms with Crippen LogP contribution in [0, 0.1) is 5.82 Å². The Balaban J connectivity index is 1.76. The van der Waals surface area contributed by atoms with E-state index < -0.39 is 15.7 Å². The number of nitrogens with two attached hydrogens (primary N) is 1. The fourth-order valence-corrected chi connectivity index (χ4v) is 4.05. The Bertz CT molecular complexity index is 752. The van der Waals surface area contributed by atoms with Gasteiger partial charge in [-0.15, -0.1) is 0 Å². The molecule has 3 rings (SSSR count). The molecule has 0 aliphatic carbocycles. The summed E-state index contributed by atoms with van der Waals surface area (Å²) in [7, 11) is -3.61. The van der Waals surface area contributed by atoms with E-state index in [1.54, 1.807) is 24.3 Å². The third-order valence-electron chi connectivity index (χ3n) is 4.10. The van der Waals surface area contributed by atoms with Crippen LogP contribution in [0.15, 0.2) is 58.3 Å². The van der Waals surface area contributed by atoms with Gasteiger partial charge in [-0.2, -0.15) is 0 Å². The molecule has 1 aliphatic heterocycles. The van der Waals surface area contributed by atoms with Crippen molar-refractivity contribution < 1.29 is 18.1 Å². The average Bonchev–Trinajstić information content (AvgIpc) is 2.57. The summed E-state index contributed by atoms with van der Waals surface area (Å²) < 4.78 is 37.9. The molecule has 0 bridgehead atoms. The molecular weight excluding hydrogens is 315 g/mol. The number of anilines is 1. The highest BCUT2D eigenvalue weighted by Crippen LogP contribution is 2.23. The van der Waals surface area contributed by atoms with Crippen LogP contribution in [0.5, 0.6) is 0 Å². The van der Waals surface area contributed by atoms with E-state index in [0.29, 0.717) is 6.04 Å². The lowest BCUT2D eigenvalue weighted by Crippen LogP contribution is -2.87. The van der Waals surface area contributed by atoms with Crippen molar-refractivity contribution in [3.05, 3.63) is 54.3 Å². The zero-order chi connectivity index (χ0) is 16.3. The number of piperidine rings is 1. The minimum absolute atomic E-state index is 0.0995. The van der Waals surface area contributed by atoms with Gasteiger partial charge in [0.25, 0.3) is 0 Å². The molecule has 1 fully saturated rings. The topological polar surface area (TPSA) is 62.8 Å². The quantitative estimate of drug-likeness (QED) is 0.838. The predicted octanol–water partition coefficient (Wildman–Crippen LogP) is 1.80. The lowest BCUT2D eigenvalue weighted by molar-refractivity contribution is -0.662. The Hall–Kier alpha value is -1.92. The lowest BCUT2D eigenvalue weighted by atomic mass is 10.1. The molecule has 2 aromatic carbocycles. The van der Waals surface area contributed by atoms with Crippen molar-refractivity contribution in [3.63, 3.8) is 0 Å². The largest absolute Gasteiger partial charge is 0.382 e. The first-order valence-corrected chi connectivity index (χ1v) is 9.23. The molecule has 2 aromatic rings. The summed E-state index contributed by atoms with van der Waals surface area (Å²) in [6.45, 7) is 2.24. The molecule has 4 nitrogen and oxygen atoms in total. The van der Waals surface area contributed by atoms with Gasteiger partial charge in [0.2, 0.25) is 9.84 Å². The first kappa shape index (κ1) is 16.0. The number of halogens is 1. The van der Waals surface area contributed by atoms with Crippen molar-refractivity contribution in [3.8, 4) is 0 Å². The van der Waals surface area contributed by atoms with Gasteiger partial charge in [-0.3, -0.25) is 0 Å². The van der Waals surface area contributed by atoms with Gasteiger partial charge < -0.3 is 10.6 Å². The molecular formula is C17H20FN2O2S+. The Morgan fingerprint density at radius 2 is 1.43 bits per heavy atom. The molecule has 0 atom stereocenters. The van der Waals surface area contributed by atoms with E-state index in [0.717, 1.165) is 43.8 Å². The Labute approximate surface area is 135 Å². The number of hydrogen-bond acceptors (Lipinski definition) is 3. The Kier molecular flexibility index (Phi) is 4.63. The molecule has 0 spiro atoms. The summed E-state index contributed by atoms with van der Waals surface area (Å²) >= 11 is 0. The van der Waals surface area contributed by atoms with E-state index in [9.17, 15) is 12.8 Å². The first-order chi connectivity index (χ1) is 11.1. The van der Waals surface area contributed by atoms with Crippen LogP contribution in [0.1, 0.15) is 12.8 Å². The van der Waals surface area contributed by atoms with Crippen molar-refractivity contribution in [2.45, 2.75) is 28.7 Å². The van der Waals surface area contributed by atoms with E-state index in [1.165, 1.54) is 12.1 Å². The monoisotopic (exact) mass is 335 g/mol. The average molecular weight is 335 g/mol. The van der Waals surface area contributed by atoms with Gasteiger partial charge >= 0.3 is 0 Å². The normalized spacial score (nSPS) is 16.2. The molecule has 0 saturated carbocycles. The van der Waals surface area contributed by atoms with Gasteiger partial charge in [0.15, 0.2) is 0 Å². The van der Waals surface area contributed by atoms with Crippen LogP contribution in [0.3, 0.4) is 0 Å². The summed E-state index contributed by atoms with van der Waals surface area (Å²) in [6.07, 6.45) is 2.21. The minimum Gasteiger partial charge on any atom is -0.382 e. The van der Waals surface area contributed by atoms with Crippen molar-refractivity contribution in [1.29, 1.82) is 0 Å². The molecule has 0 radical (unpaired) electrons. The van der Waals surface area contributed by atoms with E-state index in [-0.39, 0.29) is 9.79 Å². The number of benzene rings is 2. The molecule has 0 unspecified atom stereocenters. The second kappa shape index (κ2) is 6.68. The van der Waals surface area contributed by atoms with Gasteiger partial charge in [-0.05, 0) is 48.5 Å². The van der Waals surface area contributed by atoms with Crippen molar-refractivity contribution in [2.75, 3.05) is 18.4 Å². The maximum Gasteiger partial charge on any atom is 0.206 e. The lowest BCUT2D eigenvalue weighted by Gasteiger charge is -2.22. The third-order valence-corrected chi connectivity index (χ3v) is 5.88. The third kappa shape index (κ3) is 3.71. The van der Waals surface area contributed by atoms with E-state index in [2.05, 4.69) is 10.6 Å².